The van der Waals surface area contributed by atoms with E-state index in [0.717, 1.165) is 32.5 Å². The van der Waals surface area contributed by atoms with Crippen LogP contribution in [0.4, 0.5) is 0 Å². The molecule has 2 N–H and O–H groups in total. The molecule has 1 atom stereocenters. The average molecular weight is 353 g/mol. The van der Waals surface area contributed by atoms with E-state index in [1.807, 2.05) is 6.07 Å². The number of hydrogen-bond donors (Lipinski definition) is 2. The Morgan fingerprint density at radius 1 is 1.04 bits per heavy atom. The Morgan fingerprint density at radius 3 is 2.35 bits per heavy atom. The van der Waals surface area contributed by atoms with Crippen LogP contribution in [0.2, 0.25) is 0 Å². The van der Waals surface area contributed by atoms with Crippen molar-refractivity contribution in [3.8, 4) is 11.1 Å². The summed E-state index contributed by atoms with van der Waals surface area (Å²) < 4.78 is 5.47. The fourth-order valence-corrected chi connectivity index (χ4v) is 3.34. The maximum Gasteiger partial charge on any atom is 0.336 e. The molecule has 1 amide bonds. The van der Waals surface area contributed by atoms with Crippen LogP contribution in [0.1, 0.15) is 40.0 Å². The Labute approximate surface area is 153 Å². The molecule has 0 radical (unpaired) electrons. The number of aromatic carboxylic acids is 1. The van der Waals surface area contributed by atoms with Crippen molar-refractivity contribution in [3.05, 3.63) is 59.7 Å². The van der Waals surface area contributed by atoms with Crippen LogP contribution in [0, 0.1) is 5.92 Å². The van der Waals surface area contributed by atoms with E-state index in [0.29, 0.717) is 29.2 Å². The number of carbonyl (C=O) groups excluding carboxylic acids is 1. The van der Waals surface area contributed by atoms with Gasteiger partial charge in [0.2, 0.25) is 0 Å². The van der Waals surface area contributed by atoms with E-state index in [9.17, 15) is 14.7 Å². The zero-order valence-corrected chi connectivity index (χ0v) is 14.6. The summed E-state index contributed by atoms with van der Waals surface area (Å²) in [6, 6.07) is 13.9. The minimum Gasteiger partial charge on any atom is -0.478 e. The summed E-state index contributed by atoms with van der Waals surface area (Å²) in [5.74, 6) is -0.697. The molecule has 0 bridgehead atoms. The Kier molecular flexibility index (Phi) is 6.02. The van der Waals surface area contributed by atoms with Gasteiger partial charge in [-0.3, -0.25) is 4.79 Å². The van der Waals surface area contributed by atoms with E-state index >= 15 is 0 Å². The van der Waals surface area contributed by atoms with Crippen molar-refractivity contribution in [1.29, 1.82) is 0 Å². The zero-order valence-electron chi connectivity index (χ0n) is 14.6. The molecule has 5 nitrogen and oxygen atoms in total. The number of carbonyl (C=O) groups is 2. The lowest BCUT2D eigenvalue weighted by Crippen LogP contribution is -2.28. The van der Waals surface area contributed by atoms with Gasteiger partial charge in [0, 0.05) is 25.3 Å². The smallest absolute Gasteiger partial charge is 0.336 e. The first-order valence-electron chi connectivity index (χ1n) is 8.94. The minimum absolute atomic E-state index is 0.183. The standard InChI is InChI=1S/C21H23NO4/c23-20(22-12-11-15-6-5-13-26-14-15)18-9-3-1-7-16(18)17-8-2-4-10-19(17)21(24)25/h1-4,7-10,15H,5-6,11-14H2,(H,22,23)(H,24,25). The Morgan fingerprint density at radius 2 is 1.69 bits per heavy atom. The molecule has 0 saturated carbocycles. The summed E-state index contributed by atoms with van der Waals surface area (Å²) >= 11 is 0. The molecule has 136 valence electrons. The summed E-state index contributed by atoms with van der Waals surface area (Å²) in [4.78, 5) is 24.2. The molecular weight excluding hydrogens is 330 g/mol. The lowest BCUT2D eigenvalue weighted by molar-refractivity contribution is 0.0514. The Balaban J connectivity index is 1.74. The number of benzene rings is 2. The third-order valence-electron chi connectivity index (χ3n) is 4.71. The van der Waals surface area contributed by atoms with Crippen molar-refractivity contribution < 1.29 is 19.4 Å². The quantitative estimate of drug-likeness (QED) is 0.832. The molecule has 3 rings (SSSR count). The topological polar surface area (TPSA) is 75.6 Å². The molecule has 0 aromatic heterocycles. The fourth-order valence-electron chi connectivity index (χ4n) is 3.34. The van der Waals surface area contributed by atoms with Gasteiger partial charge in [0.05, 0.1) is 5.56 Å². The first-order valence-corrected chi connectivity index (χ1v) is 8.94. The highest BCUT2D eigenvalue weighted by Gasteiger charge is 2.18. The molecular formula is C21H23NO4. The van der Waals surface area contributed by atoms with E-state index in [4.69, 9.17) is 4.74 Å². The molecule has 1 aliphatic rings. The highest BCUT2D eigenvalue weighted by atomic mass is 16.5. The van der Waals surface area contributed by atoms with Crippen molar-refractivity contribution in [2.75, 3.05) is 19.8 Å². The molecule has 26 heavy (non-hydrogen) atoms. The van der Waals surface area contributed by atoms with Crippen molar-refractivity contribution >= 4 is 11.9 Å². The van der Waals surface area contributed by atoms with Crippen molar-refractivity contribution in [2.24, 2.45) is 5.92 Å². The van der Waals surface area contributed by atoms with Crippen LogP contribution in [-0.4, -0.2) is 36.7 Å². The fraction of sp³-hybridized carbons (Fsp3) is 0.333. The number of rotatable bonds is 6. The summed E-state index contributed by atoms with van der Waals surface area (Å²) in [6.45, 7) is 2.18. The molecule has 1 unspecified atom stereocenters. The van der Waals surface area contributed by atoms with Gasteiger partial charge in [-0.2, -0.15) is 0 Å². The Bertz CT molecular complexity index is 781. The van der Waals surface area contributed by atoms with Crippen molar-refractivity contribution in [2.45, 2.75) is 19.3 Å². The number of hydrogen-bond acceptors (Lipinski definition) is 3. The van der Waals surface area contributed by atoms with Crippen molar-refractivity contribution in [3.63, 3.8) is 0 Å². The van der Waals surface area contributed by atoms with E-state index in [1.165, 1.54) is 0 Å². The predicted molar refractivity (Wildman–Crippen MR) is 99.3 cm³/mol. The van der Waals surface area contributed by atoms with E-state index in [2.05, 4.69) is 5.32 Å². The normalized spacial score (nSPS) is 16.8. The molecule has 2 aromatic carbocycles. The number of nitrogens with one attached hydrogen (secondary N) is 1. The summed E-state index contributed by atoms with van der Waals surface area (Å²) in [5, 5.41) is 12.4. The van der Waals surface area contributed by atoms with Gasteiger partial charge in [-0.25, -0.2) is 4.79 Å². The summed E-state index contributed by atoms with van der Waals surface area (Å²) in [5.41, 5.74) is 1.85. The van der Waals surface area contributed by atoms with Gasteiger partial charge in [0.1, 0.15) is 0 Å². The van der Waals surface area contributed by atoms with Crippen LogP contribution >= 0.6 is 0 Å². The maximum atomic E-state index is 12.7. The number of carboxylic acids is 1. The third-order valence-corrected chi connectivity index (χ3v) is 4.71. The second kappa shape index (κ2) is 8.63. The highest BCUT2D eigenvalue weighted by molar-refractivity contribution is 6.04. The van der Waals surface area contributed by atoms with Gasteiger partial charge in [-0.1, -0.05) is 36.4 Å². The van der Waals surface area contributed by atoms with Crippen LogP contribution in [0.3, 0.4) is 0 Å². The Hall–Kier alpha value is -2.66. The lowest BCUT2D eigenvalue weighted by Gasteiger charge is -2.22. The zero-order chi connectivity index (χ0) is 18.4. The first kappa shape index (κ1) is 18.1. The van der Waals surface area contributed by atoms with Gasteiger partial charge in [-0.15, -0.1) is 0 Å². The van der Waals surface area contributed by atoms with Crippen LogP contribution in [0.15, 0.2) is 48.5 Å². The van der Waals surface area contributed by atoms with Gasteiger partial charge in [0.25, 0.3) is 5.91 Å². The molecule has 1 fully saturated rings. The third kappa shape index (κ3) is 4.29. The second-order valence-electron chi connectivity index (χ2n) is 6.52. The molecule has 0 aliphatic carbocycles. The van der Waals surface area contributed by atoms with E-state index in [-0.39, 0.29) is 11.5 Å². The monoisotopic (exact) mass is 353 g/mol. The minimum atomic E-state index is -1.01. The largest absolute Gasteiger partial charge is 0.478 e. The predicted octanol–water partition coefficient (Wildman–Crippen LogP) is 3.60. The molecule has 0 spiro atoms. The highest BCUT2D eigenvalue weighted by Crippen LogP contribution is 2.27. The van der Waals surface area contributed by atoms with E-state index in [1.54, 1.807) is 42.5 Å². The lowest BCUT2D eigenvalue weighted by atomic mass is 9.95. The molecule has 1 heterocycles. The number of ether oxygens (including phenoxy) is 1. The SMILES string of the molecule is O=C(O)c1ccccc1-c1ccccc1C(=O)NCCC1CCCOC1. The van der Waals surface area contributed by atoms with Crippen LogP contribution < -0.4 is 5.32 Å². The summed E-state index contributed by atoms with van der Waals surface area (Å²) in [7, 11) is 0. The number of carboxylic acid groups (broad SMARTS) is 1. The molecule has 1 aliphatic heterocycles. The molecule has 5 heteroatoms. The number of amides is 1. The van der Waals surface area contributed by atoms with Gasteiger partial charge in [0.15, 0.2) is 0 Å². The molecule has 1 saturated heterocycles. The van der Waals surface area contributed by atoms with Crippen LogP contribution in [0.5, 0.6) is 0 Å². The van der Waals surface area contributed by atoms with Gasteiger partial charge in [-0.05, 0) is 48.4 Å². The first-order chi connectivity index (χ1) is 12.7. The van der Waals surface area contributed by atoms with Crippen LogP contribution in [-0.2, 0) is 4.74 Å². The summed E-state index contributed by atoms with van der Waals surface area (Å²) in [6.07, 6.45) is 3.10. The maximum absolute atomic E-state index is 12.7. The van der Waals surface area contributed by atoms with Gasteiger partial charge < -0.3 is 15.2 Å². The second-order valence-corrected chi connectivity index (χ2v) is 6.52. The average Bonchev–Trinajstić information content (AvgIpc) is 2.68. The van der Waals surface area contributed by atoms with Gasteiger partial charge >= 0.3 is 5.97 Å². The van der Waals surface area contributed by atoms with Crippen molar-refractivity contribution in [1.82, 2.24) is 5.32 Å². The van der Waals surface area contributed by atoms with E-state index < -0.39 is 5.97 Å². The van der Waals surface area contributed by atoms with Crippen LogP contribution in [0.25, 0.3) is 11.1 Å². The molecule has 2 aromatic rings.